The quantitative estimate of drug-likeness (QED) is 0.456. The van der Waals surface area contributed by atoms with Crippen LogP contribution in [0.5, 0.6) is 0 Å². The van der Waals surface area contributed by atoms with Crippen LogP contribution < -0.4 is 15.5 Å². The molecule has 8 heteroatoms. The molecule has 2 aromatic carbocycles. The number of carbonyl (C=O) groups excluding carboxylic acids is 1. The van der Waals surface area contributed by atoms with Crippen molar-refractivity contribution in [3.8, 4) is 0 Å². The smallest absolute Gasteiger partial charge is 0.228 e. The van der Waals surface area contributed by atoms with Crippen molar-refractivity contribution in [2.24, 2.45) is 7.05 Å². The zero-order valence-electron chi connectivity index (χ0n) is 19.4. The Labute approximate surface area is 198 Å². The molecule has 0 spiro atoms. The van der Waals surface area contributed by atoms with E-state index in [4.69, 9.17) is 4.74 Å². The lowest BCUT2D eigenvalue weighted by Gasteiger charge is -2.28. The predicted octanol–water partition coefficient (Wildman–Crippen LogP) is 4.04. The summed E-state index contributed by atoms with van der Waals surface area (Å²) in [6.45, 7) is 4.95. The summed E-state index contributed by atoms with van der Waals surface area (Å²) >= 11 is 0. The molecule has 2 N–H and O–H groups in total. The second kappa shape index (κ2) is 9.52. The molecule has 0 radical (unpaired) electrons. The van der Waals surface area contributed by atoms with E-state index >= 15 is 0 Å². The maximum absolute atomic E-state index is 12.7. The van der Waals surface area contributed by atoms with Crippen LogP contribution in [0.4, 0.5) is 23.0 Å². The summed E-state index contributed by atoms with van der Waals surface area (Å²) in [4.78, 5) is 24.0. The molecule has 174 valence electrons. The number of nitrogens with zero attached hydrogens (tertiary/aromatic N) is 4. The third-order valence-corrected chi connectivity index (χ3v) is 5.93. The van der Waals surface area contributed by atoms with Crippen molar-refractivity contribution < 1.29 is 9.53 Å². The van der Waals surface area contributed by atoms with Crippen LogP contribution in [-0.4, -0.2) is 46.7 Å². The van der Waals surface area contributed by atoms with Gasteiger partial charge >= 0.3 is 0 Å². The SMILES string of the molecule is Cc1nc(Nc2ccc(NC(=O)Cc3cn(C)c4ccccc34)cc2)cc(N2CCOCC2)n1. The highest BCUT2D eigenvalue weighted by Crippen LogP contribution is 2.23. The van der Waals surface area contributed by atoms with Crippen LogP contribution in [0.1, 0.15) is 11.4 Å². The Hall–Kier alpha value is -3.91. The van der Waals surface area contributed by atoms with Crippen molar-refractivity contribution >= 4 is 39.8 Å². The predicted molar refractivity (Wildman–Crippen MR) is 135 cm³/mol. The summed E-state index contributed by atoms with van der Waals surface area (Å²) in [5.74, 6) is 2.31. The van der Waals surface area contributed by atoms with Crippen LogP contribution in [0.2, 0.25) is 0 Å². The highest BCUT2D eigenvalue weighted by atomic mass is 16.5. The van der Waals surface area contributed by atoms with E-state index in [-0.39, 0.29) is 5.91 Å². The van der Waals surface area contributed by atoms with Crippen LogP contribution >= 0.6 is 0 Å². The third kappa shape index (κ3) is 4.87. The van der Waals surface area contributed by atoms with Gasteiger partial charge in [0.1, 0.15) is 17.5 Å². The second-order valence-corrected chi connectivity index (χ2v) is 8.47. The van der Waals surface area contributed by atoms with E-state index in [2.05, 4.69) is 42.2 Å². The molecule has 2 aromatic heterocycles. The number of morpholine rings is 1. The van der Waals surface area contributed by atoms with Gasteiger partial charge in [-0.2, -0.15) is 0 Å². The molecular weight excluding hydrogens is 428 g/mol. The van der Waals surface area contributed by atoms with Gasteiger partial charge in [0.05, 0.1) is 19.6 Å². The van der Waals surface area contributed by atoms with E-state index in [0.29, 0.717) is 25.5 Å². The fraction of sp³-hybridized carbons (Fsp3) is 0.269. The number of nitrogens with one attached hydrogen (secondary N) is 2. The molecule has 1 fully saturated rings. The standard InChI is InChI=1S/C26H28N6O2/c1-18-27-24(16-25(28-18)32-11-13-34-14-12-32)29-20-7-9-21(10-8-20)30-26(33)15-19-17-31(2)23-6-4-3-5-22(19)23/h3-10,16-17H,11-15H2,1-2H3,(H,30,33)(H,27,28,29). The average molecular weight is 457 g/mol. The Kier molecular flexibility index (Phi) is 6.14. The number of hydrogen-bond acceptors (Lipinski definition) is 6. The molecule has 34 heavy (non-hydrogen) atoms. The Morgan fingerprint density at radius 3 is 2.56 bits per heavy atom. The number of benzene rings is 2. The monoisotopic (exact) mass is 456 g/mol. The van der Waals surface area contributed by atoms with Crippen LogP contribution in [0.3, 0.4) is 0 Å². The molecule has 0 aliphatic carbocycles. The topological polar surface area (TPSA) is 84.3 Å². The van der Waals surface area contributed by atoms with Gasteiger partial charge in [0, 0.05) is 54.7 Å². The minimum Gasteiger partial charge on any atom is -0.378 e. The zero-order chi connectivity index (χ0) is 23.5. The first kappa shape index (κ1) is 21.9. The highest BCUT2D eigenvalue weighted by molar-refractivity contribution is 5.96. The Balaban J connectivity index is 1.23. The summed E-state index contributed by atoms with van der Waals surface area (Å²) in [7, 11) is 2.00. The molecule has 8 nitrogen and oxygen atoms in total. The summed E-state index contributed by atoms with van der Waals surface area (Å²) < 4.78 is 7.49. The molecule has 5 rings (SSSR count). The Morgan fingerprint density at radius 1 is 1.03 bits per heavy atom. The number of ether oxygens (including phenoxy) is 1. The van der Waals surface area contributed by atoms with Crippen LogP contribution in [0, 0.1) is 6.92 Å². The lowest BCUT2D eigenvalue weighted by atomic mass is 10.1. The molecule has 0 atom stereocenters. The van der Waals surface area contributed by atoms with Gasteiger partial charge in [0.2, 0.25) is 5.91 Å². The molecule has 1 aliphatic rings. The Bertz CT molecular complexity index is 1310. The van der Waals surface area contributed by atoms with E-state index in [1.54, 1.807) is 0 Å². The molecular formula is C26H28N6O2. The van der Waals surface area contributed by atoms with Gasteiger partial charge < -0.3 is 24.8 Å². The van der Waals surface area contributed by atoms with Crippen LogP contribution in [-0.2, 0) is 23.0 Å². The highest BCUT2D eigenvalue weighted by Gasteiger charge is 2.14. The third-order valence-electron chi connectivity index (χ3n) is 5.93. The lowest BCUT2D eigenvalue weighted by Crippen LogP contribution is -2.36. The largest absolute Gasteiger partial charge is 0.378 e. The number of para-hydroxylation sites is 1. The van der Waals surface area contributed by atoms with Crippen molar-refractivity contribution in [2.45, 2.75) is 13.3 Å². The number of hydrogen-bond donors (Lipinski definition) is 2. The molecule has 0 unspecified atom stereocenters. The molecule has 1 aliphatic heterocycles. The van der Waals surface area contributed by atoms with Crippen LogP contribution in [0.15, 0.2) is 60.8 Å². The van der Waals surface area contributed by atoms with Crippen molar-refractivity contribution in [3.05, 3.63) is 72.2 Å². The van der Waals surface area contributed by atoms with Gasteiger partial charge in [-0.3, -0.25) is 4.79 Å². The number of carbonyl (C=O) groups is 1. The van der Waals surface area contributed by atoms with E-state index < -0.39 is 0 Å². The lowest BCUT2D eigenvalue weighted by molar-refractivity contribution is -0.115. The number of aromatic nitrogens is 3. The number of fused-ring (bicyclic) bond motifs is 1. The number of amides is 1. The van der Waals surface area contributed by atoms with Gasteiger partial charge in [-0.15, -0.1) is 0 Å². The van der Waals surface area contributed by atoms with Gasteiger partial charge in [-0.05, 0) is 42.8 Å². The van der Waals surface area contributed by atoms with E-state index in [0.717, 1.165) is 52.6 Å². The van der Waals surface area contributed by atoms with Gasteiger partial charge in [0.15, 0.2) is 0 Å². The molecule has 4 aromatic rings. The zero-order valence-corrected chi connectivity index (χ0v) is 19.4. The average Bonchev–Trinajstić information content (AvgIpc) is 3.16. The summed E-state index contributed by atoms with van der Waals surface area (Å²) in [6, 6.07) is 17.7. The first-order valence-corrected chi connectivity index (χ1v) is 11.4. The van der Waals surface area contributed by atoms with Crippen LogP contribution in [0.25, 0.3) is 10.9 Å². The van der Waals surface area contributed by atoms with E-state index in [9.17, 15) is 4.79 Å². The van der Waals surface area contributed by atoms with Crippen molar-refractivity contribution in [2.75, 3.05) is 41.8 Å². The van der Waals surface area contributed by atoms with Gasteiger partial charge in [-0.1, -0.05) is 18.2 Å². The second-order valence-electron chi connectivity index (χ2n) is 8.47. The van der Waals surface area contributed by atoms with Crippen molar-refractivity contribution in [1.29, 1.82) is 0 Å². The molecule has 1 amide bonds. The summed E-state index contributed by atoms with van der Waals surface area (Å²) in [5.41, 5.74) is 3.78. The van der Waals surface area contributed by atoms with Crippen molar-refractivity contribution in [1.82, 2.24) is 14.5 Å². The first-order valence-electron chi connectivity index (χ1n) is 11.4. The number of aryl methyl sites for hydroxylation is 2. The first-order chi connectivity index (χ1) is 16.5. The van der Waals surface area contributed by atoms with E-state index in [1.165, 1.54) is 0 Å². The van der Waals surface area contributed by atoms with Gasteiger partial charge in [0.25, 0.3) is 0 Å². The molecule has 3 heterocycles. The number of rotatable bonds is 6. The molecule has 0 saturated carbocycles. The van der Waals surface area contributed by atoms with Gasteiger partial charge in [-0.25, -0.2) is 9.97 Å². The minimum absolute atomic E-state index is 0.0429. The van der Waals surface area contributed by atoms with E-state index in [1.807, 2.05) is 62.6 Å². The Morgan fingerprint density at radius 2 is 1.76 bits per heavy atom. The minimum atomic E-state index is -0.0429. The summed E-state index contributed by atoms with van der Waals surface area (Å²) in [5, 5.41) is 7.45. The molecule has 0 bridgehead atoms. The fourth-order valence-electron chi connectivity index (χ4n) is 4.30. The summed E-state index contributed by atoms with van der Waals surface area (Å²) in [6.07, 6.45) is 2.35. The molecule has 1 saturated heterocycles. The number of anilines is 4. The van der Waals surface area contributed by atoms with Crippen molar-refractivity contribution in [3.63, 3.8) is 0 Å². The normalized spacial score (nSPS) is 13.8. The fourth-order valence-corrected chi connectivity index (χ4v) is 4.30. The maximum Gasteiger partial charge on any atom is 0.228 e. The maximum atomic E-state index is 12.7.